The van der Waals surface area contributed by atoms with Crippen LogP contribution >= 0.6 is 11.3 Å². The number of ether oxygens (including phenoxy) is 1. The zero-order valence-corrected chi connectivity index (χ0v) is 13.0. The highest BCUT2D eigenvalue weighted by molar-refractivity contribution is 7.15. The Morgan fingerprint density at radius 3 is 2.56 bits per heavy atom. The third kappa shape index (κ3) is 2.83. The first-order valence-corrected chi connectivity index (χ1v) is 7.25. The lowest BCUT2D eigenvalue weighted by Gasteiger charge is -2.42. The van der Waals surface area contributed by atoms with E-state index < -0.39 is 0 Å². The number of hydrogen-bond donors (Lipinski definition) is 0. The molecule has 2 heterocycles. The molecular formula is C13H23N3OS. The molecule has 1 aliphatic heterocycles. The van der Waals surface area contributed by atoms with Crippen LogP contribution in [0.2, 0.25) is 0 Å². The maximum absolute atomic E-state index is 5.82. The van der Waals surface area contributed by atoms with Gasteiger partial charge in [0.05, 0.1) is 18.2 Å². The van der Waals surface area contributed by atoms with E-state index in [0.717, 1.165) is 23.3 Å². The van der Waals surface area contributed by atoms with Crippen LogP contribution in [0.3, 0.4) is 0 Å². The fourth-order valence-corrected chi connectivity index (χ4v) is 2.94. The molecule has 4 nitrogen and oxygen atoms in total. The zero-order chi connectivity index (χ0) is 13.6. The summed E-state index contributed by atoms with van der Waals surface area (Å²) in [6.07, 6.45) is 0. The van der Waals surface area contributed by atoms with Crippen molar-refractivity contribution in [3.8, 4) is 0 Å². The number of rotatable bonds is 1. The molecule has 0 aromatic carbocycles. The van der Waals surface area contributed by atoms with E-state index in [-0.39, 0.29) is 11.0 Å². The highest BCUT2D eigenvalue weighted by Crippen LogP contribution is 2.33. The molecule has 0 radical (unpaired) electrons. The van der Waals surface area contributed by atoms with E-state index in [4.69, 9.17) is 4.74 Å². The van der Waals surface area contributed by atoms with E-state index >= 15 is 0 Å². The van der Waals surface area contributed by atoms with E-state index in [1.165, 1.54) is 0 Å². The standard InChI is InChI=1S/C13H23N3OS/c1-9-7-17-13(5,6)8-16(9)11-15-14-10(18-11)12(2,3)4/h9H,7-8H2,1-6H3/t9-/m0/s1. The second-order valence-corrected chi connectivity index (χ2v) is 7.64. The second-order valence-electron chi connectivity index (χ2n) is 6.69. The predicted molar refractivity (Wildman–Crippen MR) is 75.4 cm³/mol. The Bertz CT molecular complexity index is 422. The summed E-state index contributed by atoms with van der Waals surface area (Å²) in [5.74, 6) is 0. The van der Waals surface area contributed by atoms with E-state index in [0.29, 0.717) is 6.04 Å². The lowest BCUT2D eigenvalue weighted by atomic mass is 9.98. The summed E-state index contributed by atoms with van der Waals surface area (Å²) >= 11 is 1.70. The molecule has 0 unspecified atom stereocenters. The van der Waals surface area contributed by atoms with Crippen molar-refractivity contribution in [1.29, 1.82) is 0 Å². The van der Waals surface area contributed by atoms with Gasteiger partial charge in [-0.3, -0.25) is 0 Å². The Morgan fingerprint density at radius 2 is 2.00 bits per heavy atom. The van der Waals surface area contributed by atoms with Gasteiger partial charge in [-0.05, 0) is 20.8 Å². The quantitative estimate of drug-likeness (QED) is 0.786. The molecule has 1 saturated heterocycles. The number of anilines is 1. The maximum atomic E-state index is 5.82. The Hall–Kier alpha value is -0.680. The van der Waals surface area contributed by atoms with Crippen LogP contribution in [0.5, 0.6) is 0 Å². The van der Waals surface area contributed by atoms with Crippen LogP contribution in [-0.4, -0.2) is 35.0 Å². The summed E-state index contributed by atoms with van der Waals surface area (Å²) in [5, 5.41) is 10.8. The number of hydrogen-bond acceptors (Lipinski definition) is 5. The van der Waals surface area contributed by atoms with Crippen molar-refractivity contribution in [2.24, 2.45) is 0 Å². The average molecular weight is 269 g/mol. The van der Waals surface area contributed by atoms with Crippen molar-refractivity contribution in [2.75, 3.05) is 18.1 Å². The molecule has 18 heavy (non-hydrogen) atoms. The second kappa shape index (κ2) is 4.46. The first kappa shape index (κ1) is 13.7. The minimum absolute atomic E-state index is 0.0704. The lowest BCUT2D eigenvalue weighted by Crippen LogP contribution is -2.53. The monoisotopic (exact) mass is 269 g/mol. The molecule has 5 heteroatoms. The van der Waals surface area contributed by atoms with Gasteiger partial charge in [-0.25, -0.2) is 0 Å². The van der Waals surface area contributed by atoms with Crippen molar-refractivity contribution < 1.29 is 4.74 Å². The molecule has 1 aliphatic rings. The van der Waals surface area contributed by atoms with Crippen LogP contribution in [-0.2, 0) is 10.2 Å². The van der Waals surface area contributed by atoms with Crippen molar-refractivity contribution in [3.05, 3.63) is 5.01 Å². The highest BCUT2D eigenvalue weighted by atomic mass is 32.1. The number of nitrogens with zero attached hydrogens (tertiary/aromatic N) is 3. The van der Waals surface area contributed by atoms with Crippen molar-refractivity contribution >= 4 is 16.5 Å². The Kier molecular flexibility index (Phi) is 3.40. The lowest BCUT2D eigenvalue weighted by molar-refractivity contribution is -0.0421. The summed E-state index contributed by atoms with van der Waals surface area (Å²) in [4.78, 5) is 2.32. The zero-order valence-electron chi connectivity index (χ0n) is 12.1. The molecule has 0 saturated carbocycles. The first-order valence-electron chi connectivity index (χ1n) is 6.44. The Balaban J connectivity index is 2.22. The van der Waals surface area contributed by atoms with E-state index in [1.807, 2.05) is 0 Å². The smallest absolute Gasteiger partial charge is 0.208 e. The van der Waals surface area contributed by atoms with Gasteiger partial charge < -0.3 is 9.64 Å². The van der Waals surface area contributed by atoms with Crippen molar-refractivity contribution in [2.45, 2.75) is 58.6 Å². The van der Waals surface area contributed by atoms with Gasteiger partial charge in [-0.2, -0.15) is 0 Å². The van der Waals surface area contributed by atoms with Crippen LogP contribution in [0.1, 0.15) is 46.6 Å². The van der Waals surface area contributed by atoms with Gasteiger partial charge in [0.15, 0.2) is 0 Å². The highest BCUT2D eigenvalue weighted by Gasteiger charge is 2.34. The van der Waals surface area contributed by atoms with Crippen molar-refractivity contribution in [1.82, 2.24) is 10.2 Å². The largest absolute Gasteiger partial charge is 0.372 e. The molecule has 0 N–H and O–H groups in total. The predicted octanol–water partition coefficient (Wildman–Crippen LogP) is 2.84. The van der Waals surface area contributed by atoms with Gasteiger partial charge >= 0.3 is 0 Å². The van der Waals surface area contributed by atoms with Gasteiger partial charge in [-0.1, -0.05) is 32.1 Å². The Labute approximate surface area is 113 Å². The summed E-state index contributed by atoms with van der Waals surface area (Å²) in [6, 6.07) is 0.360. The summed E-state index contributed by atoms with van der Waals surface area (Å²) in [7, 11) is 0. The van der Waals surface area contributed by atoms with E-state index in [1.54, 1.807) is 11.3 Å². The molecule has 0 bridgehead atoms. The molecule has 0 aliphatic carbocycles. The number of aromatic nitrogens is 2. The summed E-state index contributed by atoms with van der Waals surface area (Å²) in [6.45, 7) is 14.5. The maximum Gasteiger partial charge on any atom is 0.208 e. The minimum Gasteiger partial charge on any atom is -0.372 e. The Morgan fingerprint density at radius 1 is 1.33 bits per heavy atom. The first-order chi connectivity index (χ1) is 8.19. The molecular weight excluding hydrogens is 246 g/mol. The number of morpholine rings is 1. The van der Waals surface area contributed by atoms with Crippen LogP contribution < -0.4 is 4.90 Å². The molecule has 102 valence electrons. The van der Waals surface area contributed by atoms with E-state index in [9.17, 15) is 0 Å². The van der Waals surface area contributed by atoms with Gasteiger partial charge in [0.25, 0.3) is 0 Å². The van der Waals surface area contributed by atoms with Gasteiger partial charge in [-0.15, -0.1) is 10.2 Å². The summed E-state index contributed by atoms with van der Waals surface area (Å²) in [5.41, 5.74) is -0.0406. The van der Waals surface area contributed by atoms with Crippen LogP contribution in [0.4, 0.5) is 5.13 Å². The SMILES string of the molecule is C[C@H]1COC(C)(C)CN1c1nnc(C(C)(C)C)s1. The molecule has 1 aromatic rings. The fourth-order valence-electron chi connectivity index (χ4n) is 1.94. The van der Waals surface area contributed by atoms with Crippen molar-refractivity contribution in [3.63, 3.8) is 0 Å². The molecule has 1 atom stereocenters. The molecule has 0 amide bonds. The van der Waals surface area contributed by atoms with E-state index in [2.05, 4.69) is 56.6 Å². The molecule has 0 spiro atoms. The molecule has 2 rings (SSSR count). The molecule has 1 aromatic heterocycles. The van der Waals surface area contributed by atoms with Gasteiger partial charge in [0, 0.05) is 12.0 Å². The fraction of sp³-hybridized carbons (Fsp3) is 0.846. The topological polar surface area (TPSA) is 38.2 Å². The average Bonchev–Trinajstić information content (AvgIpc) is 2.70. The molecule has 1 fully saturated rings. The van der Waals surface area contributed by atoms with Crippen LogP contribution in [0, 0.1) is 0 Å². The van der Waals surface area contributed by atoms with Gasteiger partial charge in [0.2, 0.25) is 5.13 Å². The van der Waals surface area contributed by atoms with Crippen LogP contribution in [0.15, 0.2) is 0 Å². The third-order valence-corrected chi connectivity index (χ3v) is 4.49. The van der Waals surface area contributed by atoms with Crippen LogP contribution in [0.25, 0.3) is 0 Å². The summed E-state index contributed by atoms with van der Waals surface area (Å²) < 4.78 is 5.82. The minimum atomic E-state index is -0.111. The normalized spacial score (nSPS) is 24.3. The third-order valence-electron chi connectivity index (χ3n) is 3.10. The van der Waals surface area contributed by atoms with Gasteiger partial charge in [0.1, 0.15) is 5.01 Å².